The van der Waals surface area contributed by atoms with Crippen LogP contribution >= 0.6 is 34.5 Å². The van der Waals surface area contributed by atoms with Crippen molar-refractivity contribution in [2.24, 2.45) is 5.41 Å². The Hall–Kier alpha value is -3.10. The van der Waals surface area contributed by atoms with Crippen LogP contribution in [-0.4, -0.2) is 42.1 Å². The molecule has 5 atom stereocenters. The number of carbonyl (C=O) groups is 2. The van der Waals surface area contributed by atoms with Gasteiger partial charge in [-0.1, -0.05) is 62.2 Å². The highest BCUT2D eigenvalue weighted by Crippen LogP contribution is 2.52. The van der Waals surface area contributed by atoms with Crippen molar-refractivity contribution in [1.29, 1.82) is 5.26 Å². The number of esters is 1. The summed E-state index contributed by atoms with van der Waals surface area (Å²) in [5.74, 6) is -4.27. The van der Waals surface area contributed by atoms with Gasteiger partial charge in [-0.05, 0) is 35.6 Å². The van der Waals surface area contributed by atoms with Crippen molar-refractivity contribution in [1.82, 2.24) is 15.6 Å². The van der Waals surface area contributed by atoms with E-state index in [1.54, 1.807) is 10.9 Å². The fourth-order valence-electron chi connectivity index (χ4n) is 5.70. The van der Waals surface area contributed by atoms with E-state index in [4.69, 9.17) is 27.9 Å². The lowest BCUT2D eigenvalue weighted by molar-refractivity contribution is -0.145. The molecule has 4 rings (SSSR count). The highest BCUT2D eigenvalue weighted by molar-refractivity contribution is 7.07. The minimum atomic E-state index is -1.79. The first-order chi connectivity index (χ1) is 19.8. The molecule has 2 N–H and O–H groups in total. The molecule has 1 saturated heterocycles. The van der Waals surface area contributed by atoms with Crippen LogP contribution in [0.3, 0.4) is 0 Å². The molecule has 1 fully saturated rings. The summed E-state index contributed by atoms with van der Waals surface area (Å²) >= 11 is 13.6. The molecule has 0 bridgehead atoms. The Balaban J connectivity index is 1.91. The van der Waals surface area contributed by atoms with Gasteiger partial charge in [0, 0.05) is 34.3 Å². The topological polar surface area (TPSA) is 104 Å². The van der Waals surface area contributed by atoms with Crippen LogP contribution in [0.5, 0.6) is 0 Å². The van der Waals surface area contributed by atoms with Gasteiger partial charge in [0.15, 0.2) is 0 Å². The van der Waals surface area contributed by atoms with E-state index in [0.717, 1.165) is 6.07 Å². The van der Waals surface area contributed by atoms with E-state index in [1.165, 1.54) is 48.8 Å². The number of hydrogen-bond donors (Lipinski definition) is 2. The minimum absolute atomic E-state index is 0.0391. The van der Waals surface area contributed by atoms with Crippen LogP contribution in [0.2, 0.25) is 10.0 Å². The largest absolute Gasteiger partial charge is 0.467 e. The lowest BCUT2D eigenvalue weighted by Gasteiger charge is -2.37. The molecular formula is C30H30Cl2F2N4O3S. The Bertz CT molecular complexity index is 1510. The number of amides is 1. The molecule has 0 radical (unpaired) electrons. The molecule has 5 unspecified atom stereocenters. The molecule has 2 aromatic carbocycles. The van der Waals surface area contributed by atoms with Crippen molar-refractivity contribution < 1.29 is 23.1 Å². The summed E-state index contributed by atoms with van der Waals surface area (Å²) in [5, 5.41) is 18.5. The van der Waals surface area contributed by atoms with Crippen molar-refractivity contribution in [2.75, 3.05) is 7.11 Å². The molecule has 2 heterocycles. The zero-order valence-electron chi connectivity index (χ0n) is 23.4. The highest BCUT2D eigenvalue weighted by Gasteiger charge is 2.61. The molecule has 42 heavy (non-hydrogen) atoms. The monoisotopic (exact) mass is 634 g/mol. The third kappa shape index (κ3) is 6.30. The van der Waals surface area contributed by atoms with E-state index in [1.807, 2.05) is 20.8 Å². The zero-order chi connectivity index (χ0) is 30.8. The molecule has 1 aliphatic rings. The quantitative estimate of drug-likeness (QED) is 0.297. The van der Waals surface area contributed by atoms with Crippen LogP contribution in [0.15, 0.2) is 47.3 Å². The number of ether oxygens (including phenoxy) is 1. The first kappa shape index (κ1) is 31.8. The predicted molar refractivity (Wildman–Crippen MR) is 157 cm³/mol. The number of halogens is 4. The van der Waals surface area contributed by atoms with Gasteiger partial charge in [0.05, 0.1) is 35.4 Å². The first-order valence-corrected chi connectivity index (χ1v) is 14.8. The summed E-state index contributed by atoms with van der Waals surface area (Å²) < 4.78 is 36.5. The molecule has 1 amide bonds. The summed E-state index contributed by atoms with van der Waals surface area (Å²) in [6.07, 6.45) is 0.357. The Morgan fingerprint density at radius 1 is 1.26 bits per heavy atom. The smallest absolute Gasteiger partial charge is 0.328 e. The summed E-state index contributed by atoms with van der Waals surface area (Å²) in [7, 11) is 1.20. The summed E-state index contributed by atoms with van der Waals surface area (Å²) in [4.78, 5) is 31.0. The molecule has 222 valence electrons. The van der Waals surface area contributed by atoms with Gasteiger partial charge in [0.1, 0.15) is 23.1 Å². The van der Waals surface area contributed by atoms with Crippen LogP contribution in [0, 0.1) is 28.4 Å². The van der Waals surface area contributed by atoms with Crippen molar-refractivity contribution in [3.63, 3.8) is 0 Å². The number of benzene rings is 2. The maximum absolute atomic E-state index is 15.8. The van der Waals surface area contributed by atoms with Crippen molar-refractivity contribution >= 4 is 46.4 Å². The number of carbonyl (C=O) groups excluding carboxylic acids is 2. The van der Waals surface area contributed by atoms with Crippen LogP contribution in [0.1, 0.15) is 49.9 Å². The van der Waals surface area contributed by atoms with E-state index in [-0.39, 0.29) is 27.6 Å². The van der Waals surface area contributed by atoms with E-state index in [2.05, 4.69) is 21.7 Å². The van der Waals surface area contributed by atoms with Crippen LogP contribution in [-0.2, 0) is 26.2 Å². The SMILES string of the molecule is COC(=O)C(Cc1cscn1)NC(=O)C1NC(CC(C)(C)C)C(C#N)(c2ccc(Cl)cc2F)C1c1cccc(Cl)c1F. The maximum Gasteiger partial charge on any atom is 0.328 e. The maximum atomic E-state index is 15.8. The number of nitriles is 1. The van der Waals surface area contributed by atoms with E-state index >= 15 is 8.78 Å². The lowest BCUT2D eigenvalue weighted by atomic mass is 9.62. The number of methoxy groups -OCH3 is 1. The Kier molecular flexibility index (Phi) is 9.58. The normalized spacial score (nSPS) is 22.8. The molecular weight excluding hydrogens is 605 g/mol. The van der Waals surface area contributed by atoms with Gasteiger partial charge >= 0.3 is 5.97 Å². The van der Waals surface area contributed by atoms with Gasteiger partial charge in [0.25, 0.3) is 0 Å². The fourth-order valence-corrected chi connectivity index (χ4v) is 6.61. The lowest BCUT2D eigenvalue weighted by Crippen LogP contribution is -2.51. The van der Waals surface area contributed by atoms with E-state index in [9.17, 15) is 14.9 Å². The zero-order valence-corrected chi connectivity index (χ0v) is 25.7. The molecule has 7 nitrogen and oxygen atoms in total. The second-order valence-electron chi connectivity index (χ2n) is 11.5. The average Bonchev–Trinajstić information content (AvgIpc) is 3.55. The van der Waals surface area contributed by atoms with E-state index in [0.29, 0.717) is 12.1 Å². The standard InChI is InChI=1S/C30H30Cl2F2N4O3S/c1-29(2,3)12-23-30(14-35,19-9-8-16(31)10-21(19)33)24(18-6-5-7-20(32)25(18)34)26(38-23)27(39)37-22(28(40)41-4)11-17-13-42-15-36-17/h5-10,13,15,22-24,26,38H,11-12H2,1-4H3,(H,37,39). The second-order valence-corrected chi connectivity index (χ2v) is 13.0. The van der Waals surface area contributed by atoms with Crippen LogP contribution in [0.4, 0.5) is 8.78 Å². The molecule has 0 saturated carbocycles. The minimum Gasteiger partial charge on any atom is -0.467 e. The number of rotatable bonds is 8. The molecule has 3 aromatic rings. The highest BCUT2D eigenvalue weighted by atomic mass is 35.5. The van der Waals surface area contributed by atoms with E-state index < -0.39 is 58.4 Å². The van der Waals surface area contributed by atoms with Crippen molar-refractivity contribution in [3.05, 3.63) is 85.8 Å². The van der Waals surface area contributed by atoms with Crippen molar-refractivity contribution in [2.45, 2.75) is 63.1 Å². The molecule has 0 aliphatic carbocycles. The Labute approximate surface area is 257 Å². The number of hydrogen-bond acceptors (Lipinski definition) is 7. The number of nitrogens with zero attached hydrogens (tertiary/aromatic N) is 2. The summed E-state index contributed by atoms with van der Waals surface area (Å²) in [6.45, 7) is 5.83. The van der Waals surface area contributed by atoms with Crippen LogP contribution in [0.25, 0.3) is 0 Å². The number of nitrogens with one attached hydrogen (secondary N) is 2. The Morgan fingerprint density at radius 3 is 2.60 bits per heavy atom. The van der Waals surface area contributed by atoms with Gasteiger partial charge in [-0.3, -0.25) is 4.79 Å². The predicted octanol–water partition coefficient (Wildman–Crippen LogP) is 5.95. The van der Waals surface area contributed by atoms with Crippen LogP contribution < -0.4 is 10.6 Å². The molecule has 1 aliphatic heterocycles. The van der Waals surface area contributed by atoms with Gasteiger partial charge in [0.2, 0.25) is 5.91 Å². The second kappa shape index (κ2) is 12.6. The third-order valence-corrected chi connectivity index (χ3v) is 8.59. The first-order valence-electron chi connectivity index (χ1n) is 13.1. The van der Waals surface area contributed by atoms with Gasteiger partial charge < -0.3 is 15.4 Å². The average molecular weight is 636 g/mol. The summed E-state index contributed by atoms with van der Waals surface area (Å²) in [6, 6.07) is 7.29. The molecule has 12 heteroatoms. The molecule has 1 aromatic heterocycles. The summed E-state index contributed by atoms with van der Waals surface area (Å²) in [5.41, 5.74) is -0.108. The Morgan fingerprint density at radius 2 is 2.00 bits per heavy atom. The fraction of sp³-hybridized carbons (Fsp3) is 0.400. The number of thiazole rings is 1. The molecule has 0 spiro atoms. The number of aromatic nitrogens is 1. The van der Waals surface area contributed by atoms with Gasteiger partial charge in [-0.25, -0.2) is 18.6 Å². The van der Waals surface area contributed by atoms with Crippen molar-refractivity contribution in [3.8, 4) is 6.07 Å². The van der Waals surface area contributed by atoms with Gasteiger partial charge in [-0.15, -0.1) is 11.3 Å². The third-order valence-electron chi connectivity index (χ3n) is 7.43. The van der Waals surface area contributed by atoms with Gasteiger partial charge in [-0.2, -0.15) is 5.26 Å².